The van der Waals surface area contributed by atoms with E-state index in [2.05, 4.69) is 31.2 Å². The van der Waals surface area contributed by atoms with Crippen LogP contribution in [0, 0.1) is 0 Å². The Hall–Kier alpha value is -0.750. The minimum Gasteiger partial charge on any atom is -0.347 e. The topological polar surface area (TPSA) is 47.0 Å². The molecule has 0 radical (unpaired) electrons. The summed E-state index contributed by atoms with van der Waals surface area (Å²) in [5.41, 5.74) is 0. The second-order valence-electron chi connectivity index (χ2n) is 3.34. The molecule has 6 heteroatoms. The summed E-state index contributed by atoms with van der Waals surface area (Å²) in [6, 6.07) is -0.347. The van der Waals surface area contributed by atoms with E-state index in [1.54, 1.807) is 12.4 Å². The summed E-state index contributed by atoms with van der Waals surface area (Å²) in [7, 11) is 0. The number of halogens is 2. The van der Waals surface area contributed by atoms with Crippen LogP contribution in [0.5, 0.6) is 0 Å². The fourth-order valence-electron chi connectivity index (χ4n) is 1.44. The highest BCUT2D eigenvalue weighted by Crippen LogP contribution is 2.18. The molecule has 82 valence electrons. The minimum absolute atomic E-state index is 0.347. The highest BCUT2D eigenvalue weighted by Gasteiger charge is 2.25. The van der Waals surface area contributed by atoms with Crippen LogP contribution in [0.3, 0.4) is 0 Å². The lowest BCUT2D eigenvalue weighted by Crippen LogP contribution is -2.37. The van der Waals surface area contributed by atoms with Gasteiger partial charge in [0.2, 0.25) is 12.3 Å². The largest absolute Gasteiger partial charge is 0.347 e. The summed E-state index contributed by atoms with van der Waals surface area (Å²) in [5.74, 6) is 0.427. The Morgan fingerprint density at radius 3 is 2.87 bits per heavy atom. The van der Waals surface area contributed by atoms with Crippen molar-refractivity contribution < 1.29 is 9.13 Å². The van der Waals surface area contributed by atoms with Crippen molar-refractivity contribution in [3.63, 3.8) is 0 Å². The van der Waals surface area contributed by atoms with E-state index in [0.717, 1.165) is 17.3 Å². The van der Waals surface area contributed by atoms with E-state index in [0.29, 0.717) is 12.6 Å². The van der Waals surface area contributed by atoms with Gasteiger partial charge in [0.1, 0.15) is 0 Å². The van der Waals surface area contributed by atoms with Crippen LogP contribution in [0.1, 0.15) is 12.8 Å². The van der Waals surface area contributed by atoms with Crippen LogP contribution < -0.4 is 5.32 Å². The summed E-state index contributed by atoms with van der Waals surface area (Å²) in [6.07, 6.45) is 3.55. The zero-order chi connectivity index (χ0) is 10.7. The van der Waals surface area contributed by atoms with Gasteiger partial charge in [-0.15, -0.1) is 0 Å². The lowest BCUT2D eigenvalue weighted by atomic mass is 10.1. The molecule has 1 fully saturated rings. The van der Waals surface area contributed by atoms with Crippen LogP contribution in [0.25, 0.3) is 0 Å². The molecule has 2 atom stereocenters. The SMILES string of the molecule is FC1OCCCC1Nc1ncc(Br)cn1. The molecule has 2 heterocycles. The average Bonchev–Trinajstić information content (AvgIpc) is 2.25. The number of nitrogens with zero attached hydrogens (tertiary/aromatic N) is 2. The molecule has 2 unspecified atom stereocenters. The Morgan fingerprint density at radius 1 is 1.47 bits per heavy atom. The van der Waals surface area contributed by atoms with E-state index < -0.39 is 6.36 Å². The zero-order valence-electron chi connectivity index (χ0n) is 7.99. The molecule has 1 aromatic heterocycles. The van der Waals surface area contributed by atoms with Gasteiger partial charge in [0, 0.05) is 12.4 Å². The minimum atomic E-state index is -1.27. The van der Waals surface area contributed by atoms with Crippen molar-refractivity contribution in [2.45, 2.75) is 25.2 Å². The first-order chi connectivity index (χ1) is 7.25. The van der Waals surface area contributed by atoms with Crippen LogP contribution in [0.2, 0.25) is 0 Å². The zero-order valence-corrected chi connectivity index (χ0v) is 9.58. The number of hydrogen-bond acceptors (Lipinski definition) is 4. The molecule has 0 aliphatic carbocycles. The van der Waals surface area contributed by atoms with E-state index >= 15 is 0 Å². The third-order valence-electron chi connectivity index (χ3n) is 2.19. The molecule has 4 nitrogen and oxygen atoms in total. The van der Waals surface area contributed by atoms with Crippen molar-refractivity contribution in [3.8, 4) is 0 Å². The van der Waals surface area contributed by atoms with Crippen LogP contribution >= 0.6 is 15.9 Å². The number of rotatable bonds is 2. The molecule has 2 rings (SSSR count). The van der Waals surface area contributed by atoms with E-state index in [9.17, 15) is 4.39 Å². The van der Waals surface area contributed by atoms with Gasteiger partial charge < -0.3 is 10.1 Å². The summed E-state index contributed by atoms with van der Waals surface area (Å²) in [4.78, 5) is 8.03. The van der Waals surface area contributed by atoms with Crippen molar-refractivity contribution in [2.75, 3.05) is 11.9 Å². The lowest BCUT2D eigenvalue weighted by molar-refractivity contribution is -0.0759. The molecule has 15 heavy (non-hydrogen) atoms. The maximum atomic E-state index is 13.3. The molecule has 1 aromatic rings. The molecule has 0 amide bonds. The quantitative estimate of drug-likeness (QED) is 0.898. The van der Waals surface area contributed by atoms with E-state index in [1.165, 1.54) is 0 Å². The van der Waals surface area contributed by atoms with Gasteiger partial charge in [-0.3, -0.25) is 0 Å². The van der Waals surface area contributed by atoms with E-state index in [-0.39, 0.29) is 6.04 Å². The second-order valence-corrected chi connectivity index (χ2v) is 4.26. The third kappa shape index (κ3) is 2.85. The smallest absolute Gasteiger partial charge is 0.223 e. The molecule has 1 aliphatic rings. The molecule has 0 aromatic carbocycles. The van der Waals surface area contributed by atoms with Crippen molar-refractivity contribution in [3.05, 3.63) is 16.9 Å². The van der Waals surface area contributed by atoms with Gasteiger partial charge >= 0.3 is 0 Å². The fourth-order valence-corrected chi connectivity index (χ4v) is 1.64. The predicted molar refractivity (Wildman–Crippen MR) is 57.2 cm³/mol. The van der Waals surface area contributed by atoms with Crippen molar-refractivity contribution >= 4 is 21.9 Å². The monoisotopic (exact) mass is 275 g/mol. The summed E-state index contributed by atoms with van der Waals surface area (Å²) in [5, 5.41) is 2.91. The maximum Gasteiger partial charge on any atom is 0.223 e. The molecule has 0 saturated carbocycles. The van der Waals surface area contributed by atoms with Crippen molar-refractivity contribution in [1.29, 1.82) is 0 Å². The summed E-state index contributed by atoms with van der Waals surface area (Å²) >= 11 is 3.23. The van der Waals surface area contributed by atoms with Crippen LogP contribution in [-0.2, 0) is 4.74 Å². The molecule has 1 N–H and O–H groups in total. The fraction of sp³-hybridized carbons (Fsp3) is 0.556. The summed E-state index contributed by atoms with van der Waals surface area (Å²) < 4.78 is 19.0. The highest BCUT2D eigenvalue weighted by molar-refractivity contribution is 9.10. The number of ether oxygens (including phenoxy) is 1. The molecular formula is C9H11BrFN3O. The van der Waals surface area contributed by atoms with Gasteiger partial charge in [-0.1, -0.05) is 0 Å². The molecule has 1 aliphatic heterocycles. The van der Waals surface area contributed by atoms with Crippen LogP contribution in [0.4, 0.5) is 10.3 Å². The molecule has 1 saturated heterocycles. The second kappa shape index (κ2) is 4.85. The average molecular weight is 276 g/mol. The standard InChI is InChI=1S/C9H11BrFN3O/c10-6-4-12-9(13-5-6)14-7-2-1-3-15-8(7)11/h4-5,7-8H,1-3H2,(H,12,13,14). The highest BCUT2D eigenvalue weighted by atomic mass is 79.9. The third-order valence-corrected chi connectivity index (χ3v) is 2.60. The Balaban J connectivity index is 1.98. The summed E-state index contributed by atoms with van der Waals surface area (Å²) in [6.45, 7) is 0.487. The Kier molecular flexibility index (Phi) is 3.48. The van der Waals surface area contributed by atoms with Crippen LogP contribution in [0.15, 0.2) is 16.9 Å². The van der Waals surface area contributed by atoms with Crippen LogP contribution in [-0.4, -0.2) is 29.0 Å². The van der Waals surface area contributed by atoms with Gasteiger partial charge in [0.15, 0.2) is 0 Å². The first kappa shape index (κ1) is 10.8. The normalized spacial score (nSPS) is 26.3. The number of nitrogens with one attached hydrogen (secondary N) is 1. The van der Waals surface area contributed by atoms with Gasteiger partial charge in [-0.2, -0.15) is 0 Å². The van der Waals surface area contributed by atoms with Gasteiger partial charge in [-0.25, -0.2) is 14.4 Å². The molecule has 0 bridgehead atoms. The number of aromatic nitrogens is 2. The van der Waals surface area contributed by atoms with Crippen molar-refractivity contribution in [2.24, 2.45) is 0 Å². The first-order valence-corrected chi connectivity index (χ1v) is 5.55. The molecular weight excluding hydrogens is 265 g/mol. The maximum absolute atomic E-state index is 13.3. The Bertz CT molecular complexity index is 322. The first-order valence-electron chi connectivity index (χ1n) is 4.75. The predicted octanol–water partition coefficient (Wildman–Crippen LogP) is 2.13. The number of hydrogen-bond donors (Lipinski definition) is 1. The number of alkyl halides is 1. The van der Waals surface area contributed by atoms with Crippen molar-refractivity contribution in [1.82, 2.24) is 9.97 Å². The van der Waals surface area contributed by atoms with Gasteiger partial charge in [0.05, 0.1) is 17.1 Å². The lowest BCUT2D eigenvalue weighted by Gasteiger charge is -2.26. The Morgan fingerprint density at radius 2 is 2.20 bits per heavy atom. The molecule has 0 spiro atoms. The van der Waals surface area contributed by atoms with Gasteiger partial charge in [-0.05, 0) is 28.8 Å². The van der Waals surface area contributed by atoms with E-state index in [4.69, 9.17) is 4.74 Å². The number of anilines is 1. The van der Waals surface area contributed by atoms with Gasteiger partial charge in [0.25, 0.3) is 0 Å². The Labute approximate surface area is 95.4 Å². The van der Waals surface area contributed by atoms with E-state index in [1.807, 2.05) is 0 Å².